The van der Waals surface area contributed by atoms with Gasteiger partial charge in [-0.2, -0.15) is 0 Å². The van der Waals surface area contributed by atoms with Gasteiger partial charge in [0.1, 0.15) is 0 Å². The summed E-state index contributed by atoms with van der Waals surface area (Å²) in [5, 5.41) is 0. The SMILES string of the molecule is CC1CC1N1CC(CN)CC1=O. The van der Waals surface area contributed by atoms with E-state index >= 15 is 0 Å². The third-order valence-electron chi connectivity index (χ3n) is 3.04. The van der Waals surface area contributed by atoms with Crippen LogP contribution in [-0.4, -0.2) is 29.9 Å². The zero-order valence-electron chi connectivity index (χ0n) is 7.49. The highest BCUT2D eigenvalue weighted by molar-refractivity contribution is 5.79. The Morgan fingerprint density at radius 3 is 2.75 bits per heavy atom. The van der Waals surface area contributed by atoms with Gasteiger partial charge in [-0.05, 0) is 24.8 Å². The first kappa shape index (κ1) is 8.05. The summed E-state index contributed by atoms with van der Waals surface area (Å²) in [6.45, 7) is 3.77. The van der Waals surface area contributed by atoms with E-state index in [0.29, 0.717) is 30.8 Å². The van der Waals surface area contributed by atoms with Gasteiger partial charge in [0, 0.05) is 19.0 Å². The monoisotopic (exact) mass is 168 g/mol. The van der Waals surface area contributed by atoms with Crippen LogP contribution in [0.1, 0.15) is 19.8 Å². The molecule has 1 aliphatic heterocycles. The summed E-state index contributed by atoms with van der Waals surface area (Å²) in [7, 11) is 0. The van der Waals surface area contributed by atoms with Gasteiger partial charge < -0.3 is 10.6 Å². The minimum absolute atomic E-state index is 0.319. The van der Waals surface area contributed by atoms with Crippen LogP contribution in [0.25, 0.3) is 0 Å². The van der Waals surface area contributed by atoms with Crippen LogP contribution in [0.3, 0.4) is 0 Å². The smallest absolute Gasteiger partial charge is 0.223 e. The molecule has 1 saturated heterocycles. The molecule has 0 bridgehead atoms. The van der Waals surface area contributed by atoms with Crippen molar-refractivity contribution in [3.05, 3.63) is 0 Å². The lowest BCUT2D eigenvalue weighted by atomic mass is 10.1. The van der Waals surface area contributed by atoms with Crippen molar-refractivity contribution in [3.8, 4) is 0 Å². The third kappa shape index (κ3) is 1.22. The van der Waals surface area contributed by atoms with Crippen molar-refractivity contribution >= 4 is 5.91 Å². The van der Waals surface area contributed by atoms with Gasteiger partial charge in [-0.3, -0.25) is 4.79 Å². The summed E-state index contributed by atoms with van der Waals surface area (Å²) in [5.74, 6) is 1.47. The van der Waals surface area contributed by atoms with E-state index in [1.54, 1.807) is 0 Å². The first-order chi connectivity index (χ1) is 5.72. The maximum Gasteiger partial charge on any atom is 0.223 e. The number of likely N-dealkylation sites (tertiary alicyclic amines) is 1. The largest absolute Gasteiger partial charge is 0.339 e. The van der Waals surface area contributed by atoms with Crippen LogP contribution in [0, 0.1) is 11.8 Å². The molecule has 2 aliphatic rings. The van der Waals surface area contributed by atoms with Crippen molar-refractivity contribution in [3.63, 3.8) is 0 Å². The van der Waals surface area contributed by atoms with E-state index in [-0.39, 0.29) is 0 Å². The van der Waals surface area contributed by atoms with Gasteiger partial charge in [0.25, 0.3) is 0 Å². The Morgan fingerprint density at radius 1 is 1.67 bits per heavy atom. The molecule has 0 aromatic carbocycles. The van der Waals surface area contributed by atoms with Crippen LogP contribution in [0.2, 0.25) is 0 Å². The highest BCUT2D eigenvalue weighted by Crippen LogP contribution is 2.38. The third-order valence-corrected chi connectivity index (χ3v) is 3.04. The van der Waals surface area contributed by atoms with Crippen molar-refractivity contribution in [2.24, 2.45) is 17.6 Å². The van der Waals surface area contributed by atoms with Crippen LogP contribution in [0.4, 0.5) is 0 Å². The van der Waals surface area contributed by atoms with Crippen LogP contribution >= 0.6 is 0 Å². The standard InChI is InChI=1S/C9H16N2O/c1-6-2-8(6)11-5-7(4-10)3-9(11)12/h6-8H,2-5,10H2,1H3. The predicted molar refractivity (Wildman–Crippen MR) is 46.4 cm³/mol. The first-order valence-corrected chi connectivity index (χ1v) is 4.72. The number of hydrogen-bond acceptors (Lipinski definition) is 2. The van der Waals surface area contributed by atoms with E-state index in [9.17, 15) is 4.79 Å². The molecule has 0 aromatic rings. The fourth-order valence-electron chi connectivity index (χ4n) is 2.02. The maximum atomic E-state index is 11.4. The summed E-state index contributed by atoms with van der Waals surface area (Å²) in [6, 6.07) is 0.550. The molecule has 2 rings (SSSR count). The van der Waals surface area contributed by atoms with Gasteiger partial charge in [0.05, 0.1) is 0 Å². The minimum Gasteiger partial charge on any atom is -0.339 e. The number of nitrogens with zero attached hydrogens (tertiary/aromatic N) is 1. The Kier molecular flexibility index (Phi) is 1.83. The molecule has 0 spiro atoms. The van der Waals surface area contributed by atoms with Gasteiger partial charge in [0.15, 0.2) is 0 Å². The van der Waals surface area contributed by atoms with Crippen molar-refractivity contribution < 1.29 is 4.79 Å². The van der Waals surface area contributed by atoms with Crippen LogP contribution in [0.5, 0.6) is 0 Å². The second-order valence-electron chi connectivity index (χ2n) is 4.13. The Hall–Kier alpha value is -0.570. The molecule has 2 fully saturated rings. The van der Waals surface area contributed by atoms with Crippen molar-refractivity contribution in [1.29, 1.82) is 0 Å². The van der Waals surface area contributed by atoms with Crippen LogP contribution in [-0.2, 0) is 4.79 Å². The predicted octanol–water partition coefficient (Wildman–Crippen LogP) is 0.202. The molecule has 0 aromatic heterocycles. The summed E-state index contributed by atoms with van der Waals surface area (Å²) in [5.41, 5.74) is 5.53. The number of hydrogen-bond donors (Lipinski definition) is 1. The van der Waals surface area contributed by atoms with Crippen molar-refractivity contribution in [2.75, 3.05) is 13.1 Å². The van der Waals surface area contributed by atoms with Crippen LogP contribution in [0.15, 0.2) is 0 Å². The number of nitrogens with two attached hydrogens (primary N) is 1. The molecule has 1 heterocycles. The summed E-state index contributed by atoms with van der Waals surface area (Å²) >= 11 is 0. The Bertz CT molecular complexity index is 205. The molecular formula is C9H16N2O. The molecule has 2 N–H and O–H groups in total. The Labute approximate surface area is 72.9 Å². The summed E-state index contributed by atoms with van der Waals surface area (Å²) in [6.07, 6.45) is 1.88. The molecule has 3 atom stereocenters. The molecule has 1 aliphatic carbocycles. The molecular weight excluding hydrogens is 152 g/mol. The Morgan fingerprint density at radius 2 is 2.33 bits per heavy atom. The van der Waals surface area contributed by atoms with Crippen molar-refractivity contribution in [1.82, 2.24) is 4.90 Å². The molecule has 3 unspecified atom stereocenters. The normalized spacial score (nSPS) is 40.7. The lowest BCUT2D eigenvalue weighted by Gasteiger charge is -2.15. The molecule has 1 saturated carbocycles. The fourth-order valence-corrected chi connectivity index (χ4v) is 2.02. The number of amides is 1. The summed E-state index contributed by atoms with van der Waals surface area (Å²) < 4.78 is 0. The molecule has 3 nitrogen and oxygen atoms in total. The highest BCUT2D eigenvalue weighted by Gasteiger charge is 2.44. The average Bonchev–Trinajstić information content (AvgIpc) is 2.62. The molecule has 12 heavy (non-hydrogen) atoms. The zero-order valence-corrected chi connectivity index (χ0v) is 7.49. The van der Waals surface area contributed by atoms with Gasteiger partial charge >= 0.3 is 0 Å². The quantitative estimate of drug-likeness (QED) is 0.640. The average molecular weight is 168 g/mol. The summed E-state index contributed by atoms with van der Waals surface area (Å²) in [4.78, 5) is 13.5. The van der Waals surface area contributed by atoms with E-state index in [1.807, 2.05) is 4.90 Å². The lowest BCUT2D eigenvalue weighted by molar-refractivity contribution is -0.128. The van der Waals surface area contributed by atoms with E-state index in [4.69, 9.17) is 5.73 Å². The topological polar surface area (TPSA) is 46.3 Å². The second kappa shape index (κ2) is 2.73. The van der Waals surface area contributed by atoms with E-state index in [0.717, 1.165) is 12.5 Å². The fraction of sp³-hybridized carbons (Fsp3) is 0.889. The van der Waals surface area contributed by atoms with E-state index < -0.39 is 0 Å². The second-order valence-corrected chi connectivity index (χ2v) is 4.13. The van der Waals surface area contributed by atoms with Crippen LogP contribution < -0.4 is 5.73 Å². The van der Waals surface area contributed by atoms with Gasteiger partial charge in [-0.1, -0.05) is 6.92 Å². The molecule has 0 radical (unpaired) electrons. The highest BCUT2D eigenvalue weighted by atomic mass is 16.2. The van der Waals surface area contributed by atoms with E-state index in [2.05, 4.69) is 6.92 Å². The Balaban J connectivity index is 1.95. The molecule has 3 heteroatoms. The van der Waals surface area contributed by atoms with E-state index in [1.165, 1.54) is 6.42 Å². The number of carbonyl (C=O) groups is 1. The zero-order chi connectivity index (χ0) is 8.72. The lowest BCUT2D eigenvalue weighted by Crippen LogP contribution is -2.29. The van der Waals surface area contributed by atoms with Gasteiger partial charge in [-0.25, -0.2) is 0 Å². The molecule has 68 valence electrons. The first-order valence-electron chi connectivity index (χ1n) is 4.72. The number of carbonyl (C=O) groups excluding carboxylic acids is 1. The molecule has 1 amide bonds. The minimum atomic E-state index is 0.319. The number of rotatable bonds is 2. The maximum absolute atomic E-state index is 11.4. The van der Waals surface area contributed by atoms with Gasteiger partial charge in [-0.15, -0.1) is 0 Å². The van der Waals surface area contributed by atoms with Crippen molar-refractivity contribution in [2.45, 2.75) is 25.8 Å². The van der Waals surface area contributed by atoms with Gasteiger partial charge in [0.2, 0.25) is 5.91 Å².